The Morgan fingerprint density at radius 3 is 2.65 bits per heavy atom. The Hall–Kier alpha value is -3.34. The fourth-order valence-corrected chi connectivity index (χ4v) is 3.59. The molecule has 0 radical (unpaired) electrons. The molecular weight excluding hydrogens is 396 g/mol. The first-order chi connectivity index (χ1) is 14.7. The van der Waals surface area contributed by atoms with Gasteiger partial charge < -0.3 is 20.1 Å². The van der Waals surface area contributed by atoms with Gasteiger partial charge in [-0.2, -0.15) is 5.26 Å². The number of primary amides is 1. The second-order valence-corrected chi connectivity index (χ2v) is 7.89. The third-order valence-corrected chi connectivity index (χ3v) is 5.23. The minimum absolute atomic E-state index is 0.111. The van der Waals surface area contributed by atoms with E-state index in [1.165, 1.54) is 0 Å². The van der Waals surface area contributed by atoms with Crippen LogP contribution in [0.3, 0.4) is 0 Å². The number of nitrogens with zero attached hydrogens (tertiary/aromatic N) is 3. The van der Waals surface area contributed by atoms with Crippen LogP contribution in [-0.4, -0.2) is 49.2 Å². The monoisotopic (exact) mass is 426 g/mol. The smallest absolute Gasteiger partial charge is 0.252 e. The van der Waals surface area contributed by atoms with Gasteiger partial charge in [0.25, 0.3) is 5.91 Å². The fourth-order valence-electron chi connectivity index (χ4n) is 3.59. The van der Waals surface area contributed by atoms with Crippen LogP contribution in [0.4, 0.5) is 5.69 Å². The molecule has 8 heteroatoms. The van der Waals surface area contributed by atoms with Crippen LogP contribution in [0, 0.1) is 23.2 Å². The molecule has 0 spiro atoms. The zero-order chi connectivity index (χ0) is 23.1. The topological polar surface area (TPSA) is 118 Å². The first-order valence-corrected chi connectivity index (χ1v) is 10.3. The molecule has 2 amide bonds. The van der Waals surface area contributed by atoms with E-state index in [0.717, 1.165) is 0 Å². The highest BCUT2D eigenvalue weighted by molar-refractivity contribution is 5.97. The van der Waals surface area contributed by atoms with E-state index in [1.807, 2.05) is 32.9 Å². The summed E-state index contributed by atoms with van der Waals surface area (Å²) in [5, 5.41) is 8.76. The maximum atomic E-state index is 12.0. The Morgan fingerprint density at radius 2 is 2.10 bits per heavy atom. The Morgan fingerprint density at radius 1 is 1.39 bits per heavy atom. The molecule has 1 aliphatic rings. The van der Waals surface area contributed by atoms with Gasteiger partial charge in [-0.1, -0.05) is 6.92 Å². The van der Waals surface area contributed by atoms with Crippen molar-refractivity contribution < 1.29 is 19.1 Å². The molecule has 166 valence electrons. The first kappa shape index (κ1) is 23.9. The molecule has 1 aromatic carbocycles. The summed E-state index contributed by atoms with van der Waals surface area (Å²) in [5.41, 5.74) is 6.84. The van der Waals surface area contributed by atoms with Crippen molar-refractivity contribution in [3.8, 4) is 11.8 Å². The van der Waals surface area contributed by atoms with Gasteiger partial charge >= 0.3 is 0 Å². The highest BCUT2D eigenvalue weighted by Gasteiger charge is 2.33. The van der Waals surface area contributed by atoms with Crippen molar-refractivity contribution in [1.29, 1.82) is 5.26 Å². The Kier molecular flexibility index (Phi) is 8.20. The molecule has 1 aliphatic heterocycles. The average molecular weight is 427 g/mol. The third-order valence-electron chi connectivity index (χ3n) is 5.23. The largest absolute Gasteiger partial charge is 0.493 e. The van der Waals surface area contributed by atoms with Crippen LogP contribution < -0.4 is 10.5 Å². The summed E-state index contributed by atoms with van der Waals surface area (Å²) in [5.74, 6) is 0.538. The van der Waals surface area contributed by atoms with Crippen LogP contribution in [0.15, 0.2) is 23.2 Å². The van der Waals surface area contributed by atoms with Crippen molar-refractivity contribution in [3.05, 3.63) is 29.3 Å². The lowest BCUT2D eigenvalue weighted by Crippen LogP contribution is -2.28. The second kappa shape index (κ2) is 10.6. The predicted molar refractivity (Wildman–Crippen MR) is 119 cm³/mol. The van der Waals surface area contributed by atoms with Crippen LogP contribution >= 0.6 is 0 Å². The van der Waals surface area contributed by atoms with E-state index in [2.05, 4.69) is 18.6 Å². The molecule has 0 bridgehead atoms. The van der Waals surface area contributed by atoms with Crippen LogP contribution in [-0.2, 0) is 9.53 Å². The Bertz CT molecular complexity index is 917. The highest BCUT2D eigenvalue weighted by atomic mass is 16.5. The summed E-state index contributed by atoms with van der Waals surface area (Å²) in [6.07, 6.45) is 1.55. The number of carbonyl (C=O) groups excluding carboxylic acids is 2. The molecule has 2 atom stereocenters. The zero-order valence-electron chi connectivity index (χ0n) is 18.6. The summed E-state index contributed by atoms with van der Waals surface area (Å²) in [4.78, 5) is 29.6. The number of hydrogen-bond donors (Lipinski definition) is 1. The number of hydrogen-bond acceptors (Lipinski definition) is 6. The van der Waals surface area contributed by atoms with Crippen LogP contribution in [0.25, 0.3) is 5.76 Å². The number of likely N-dealkylation sites (tertiary alicyclic amines) is 1. The fraction of sp³-hybridized carbons (Fsp3) is 0.478. The average Bonchev–Trinajstić information content (AvgIpc) is 3.09. The second-order valence-electron chi connectivity index (χ2n) is 7.89. The van der Waals surface area contributed by atoms with E-state index >= 15 is 0 Å². The number of amides is 2. The summed E-state index contributed by atoms with van der Waals surface area (Å²) in [6, 6.07) is 5.15. The van der Waals surface area contributed by atoms with Gasteiger partial charge in [0.05, 0.1) is 30.0 Å². The summed E-state index contributed by atoms with van der Waals surface area (Å²) in [6.45, 7) is 12.8. The summed E-state index contributed by atoms with van der Waals surface area (Å²) < 4.78 is 11.9. The Labute approximate surface area is 183 Å². The lowest BCUT2D eigenvalue weighted by atomic mass is 9.99. The highest BCUT2D eigenvalue weighted by Crippen LogP contribution is 2.35. The normalized spacial score (nSPS) is 18.6. The van der Waals surface area contributed by atoms with Gasteiger partial charge in [0.1, 0.15) is 17.9 Å². The predicted octanol–water partition coefficient (Wildman–Crippen LogP) is 3.29. The molecule has 0 aliphatic carbocycles. The van der Waals surface area contributed by atoms with Gasteiger partial charge in [0, 0.05) is 24.6 Å². The quantitative estimate of drug-likeness (QED) is 0.480. The van der Waals surface area contributed by atoms with Crippen molar-refractivity contribution in [3.63, 3.8) is 0 Å². The minimum atomic E-state index is -0.614. The SMILES string of the molecule is C=Nc1cc(C(N)=O)c(OC(C)C)cc1/C(=C\C)OC[C@H]1CN(C(=O)CC#N)C[C@@H]1C. The molecule has 0 saturated carbocycles. The molecule has 1 fully saturated rings. The number of aliphatic imine (C=N–C) groups is 1. The molecular formula is C23H30N4O4. The molecule has 8 nitrogen and oxygen atoms in total. The van der Waals surface area contributed by atoms with Crippen LogP contribution in [0.2, 0.25) is 0 Å². The van der Waals surface area contributed by atoms with Crippen molar-refractivity contribution in [2.75, 3.05) is 19.7 Å². The molecule has 0 aromatic heterocycles. The van der Waals surface area contributed by atoms with Crippen molar-refractivity contribution in [2.24, 2.45) is 22.6 Å². The summed E-state index contributed by atoms with van der Waals surface area (Å²) >= 11 is 0. The lowest BCUT2D eigenvalue weighted by Gasteiger charge is -2.20. The van der Waals surface area contributed by atoms with E-state index in [-0.39, 0.29) is 35.8 Å². The van der Waals surface area contributed by atoms with E-state index < -0.39 is 5.91 Å². The van der Waals surface area contributed by atoms with Gasteiger partial charge in [-0.15, -0.1) is 0 Å². The maximum Gasteiger partial charge on any atom is 0.252 e. The first-order valence-electron chi connectivity index (χ1n) is 10.3. The molecule has 1 saturated heterocycles. The molecule has 1 aromatic rings. The number of ether oxygens (including phenoxy) is 2. The van der Waals surface area contributed by atoms with Crippen molar-refractivity contribution in [2.45, 2.75) is 40.2 Å². The third kappa shape index (κ3) is 5.85. The molecule has 1 heterocycles. The molecule has 2 N–H and O–H groups in total. The Balaban J connectivity index is 2.24. The van der Waals surface area contributed by atoms with Gasteiger partial charge in [0.2, 0.25) is 5.91 Å². The van der Waals surface area contributed by atoms with Crippen LogP contribution in [0.1, 0.15) is 50.0 Å². The molecule has 31 heavy (non-hydrogen) atoms. The number of rotatable bonds is 9. The standard InChI is InChI=1S/C23H30N4O4/c1-6-20(30-13-16-12-27(11-15(16)4)22(28)7-8-24)17-10-21(31-14(2)3)18(23(25)29)9-19(17)26-5/h6,9-10,14-16H,5,7,11-13H2,1-4H3,(H2,25,29)/b20-6+/t15-,16+/m0/s1. The zero-order valence-corrected chi connectivity index (χ0v) is 18.6. The van der Waals surface area contributed by atoms with Gasteiger partial charge in [0.15, 0.2) is 0 Å². The van der Waals surface area contributed by atoms with Crippen LogP contribution in [0.5, 0.6) is 5.75 Å². The maximum absolute atomic E-state index is 12.0. The minimum Gasteiger partial charge on any atom is -0.493 e. The van der Waals surface area contributed by atoms with E-state index in [4.69, 9.17) is 20.5 Å². The number of benzene rings is 1. The van der Waals surface area contributed by atoms with E-state index in [0.29, 0.717) is 42.5 Å². The number of carbonyl (C=O) groups is 2. The number of allylic oxidation sites excluding steroid dienone is 1. The summed E-state index contributed by atoms with van der Waals surface area (Å²) in [7, 11) is 0. The molecule has 0 unspecified atom stereocenters. The van der Waals surface area contributed by atoms with Gasteiger partial charge in [-0.25, -0.2) is 0 Å². The lowest BCUT2D eigenvalue weighted by molar-refractivity contribution is -0.129. The van der Waals surface area contributed by atoms with Gasteiger partial charge in [-0.05, 0) is 51.6 Å². The van der Waals surface area contributed by atoms with Gasteiger partial charge in [-0.3, -0.25) is 14.6 Å². The van der Waals surface area contributed by atoms with E-state index in [9.17, 15) is 9.59 Å². The number of nitriles is 1. The van der Waals surface area contributed by atoms with Crippen molar-refractivity contribution >= 4 is 30.0 Å². The van der Waals surface area contributed by atoms with E-state index in [1.54, 1.807) is 17.0 Å². The number of nitrogens with two attached hydrogens (primary N) is 1. The molecule has 2 rings (SSSR count). The van der Waals surface area contributed by atoms with Crippen molar-refractivity contribution in [1.82, 2.24) is 4.90 Å².